The summed E-state index contributed by atoms with van der Waals surface area (Å²) >= 11 is 0. The number of anilines is 1. The van der Waals surface area contributed by atoms with E-state index in [0.29, 0.717) is 34.0 Å². The van der Waals surface area contributed by atoms with Crippen LogP contribution < -0.4 is 16.2 Å². The molecule has 0 unspecified atom stereocenters. The number of fused-ring (bicyclic) bond motifs is 3. The summed E-state index contributed by atoms with van der Waals surface area (Å²) in [6, 6.07) is 7.12. The van der Waals surface area contributed by atoms with Crippen LogP contribution in [0, 0.1) is 5.82 Å². The second-order valence-corrected chi connectivity index (χ2v) is 8.71. The Morgan fingerprint density at radius 1 is 1.19 bits per heavy atom. The molecule has 0 bridgehead atoms. The molecular formula is C22H24FN7O. The van der Waals surface area contributed by atoms with Crippen LogP contribution in [-0.4, -0.2) is 31.7 Å². The molecule has 0 amide bonds. The summed E-state index contributed by atoms with van der Waals surface area (Å²) in [5.74, 6) is 1.38. The average Bonchev–Trinajstić information content (AvgIpc) is 3.13. The number of halogens is 1. The van der Waals surface area contributed by atoms with Gasteiger partial charge >= 0.3 is 0 Å². The summed E-state index contributed by atoms with van der Waals surface area (Å²) in [6.45, 7) is 3.66. The monoisotopic (exact) mass is 421 g/mol. The van der Waals surface area contributed by atoms with Crippen LogP contribution in [0.1, 0.15) is 55.6 Å². The number of nitrogens with two attached hydrogens (primary N) is 2. The van der Waals surface area contributed by atoms with Gasteiger partial charge in [0.1, 0.15) is 17.1 Å². The van der Waals surface area contributed by atoms with Gasteiger partial charge in [-0.2, -0.15) is 4.52 Å². The molecule has 0 saturated heterocycles. The molecule has 0 atom stereocenters. The zero-order valence-corrected chi connectivity index (χ0v) is 17.6. The van der Waals surface area contributed by atoms with E-state index in [4.69, 9.17) is 21.2 Å². The quantitative estimate of drug-likeness (QED) is 0.519. The zero-order valence-electron chi connectivity index (χ0n) is 17.6. The van der Waals surface area contributed by atoms with Crippen molar-refractivity contribution in [2.75, 3.05) is 12.8 Å². The lowest BCUT2D eigenvalue weighted by atomic mass is 9.72. The van der Waals surface area contributed by atoms with Gasteiger partial charge in [0.05, 0.1) is 12.8 Å². The largest absolute Gasteiger partial charge is 0.494 e. The van der Waals surface area contributed by atoms with Gasteiger partial charge in [0, 0.05) is 29.0 Å². The highest BCUT2D eigenvalue weighted by molar-refractivity contribution is 5.95. The molecule has 1 aliphatic rings. The molecule has 9 heteroatoms. The summed E-state index contributed by atoms with van der Waals surface area (Å²) in [7, 11) is 1.59. The predicted molar refractivity (Wildman–Crippen MR) is 115 cm³/mol. The Morgan fingerprint density at radius 2 is 1.97 bits per heavy atom. The van der Waals surface area contributed by atoms with Crippen molar-refractivity contribution in [1.82, 2.24) is 24.6 Å². The first-order chi connectivity index (χ1) is 14.8. The third kappa shape index (κ3) is 3.16. The van der Waals surface area contributed by atoms with Crippen molar-refractivity contribution in [2.45, 2.75) is 44.1 Å². The Labute approximate surface area is 178 Å². The molecule has 1 saturated carbocycles. The van der Waals surface area contributed by atoms with Gasteiger partial charge in [-0.05, 0) is 50.5 Å². The fourth-order valence-electron chi connectivity index (χ4n) is 4.13. The molecule has 3 aromatic heterocycles. The molecule has 0 aliphatic heterocycles. The van der Waals surface area contributed by atoms with Crippen LogP contribution in [0.2, 0.25) is 0 Å². The van der Waals surface area contributed by atoms with Gasteiger partial charge in [-0.3, -0.25) is 4.98 Å². The normalized spacial score (nSPS) is 19.0. The highest BCUT2D eigenvalue weighted by Crippen LogP contribution is 2.47. The number of ether oxygens (including phenoxy) is 1. The van der Waals surface area contributed by atoms with Crippen LogP contribution in [0.4, 0.5) is 10.3 Å². The van der Waals surface area contributed by atoms with Gasteiger partial charge in [0.15, 0.2) is 11.5 Å². The number of aromatic nitrogens is 5. The van der Waals surface area contributed by atoms with Crippen molar-refractivity contribution in [1.29, 1.82) is 0 Å². The number of methoxy groups -OCH3 is 1. The minimum Gasteiger partial charge on any atom is -0.494 e. The number of nitrogen functional groups attached to an aromatic ring is 1. The van der Waals surface area contributed by atoms with Gasteiger partial charge in [-0.15, -0.1) is 5.10 Å². The standard InChI is InChI=1S/C22H24FN7O/c1-22(2,25)13-9-15(23)17(26-10-13)11-7-12(8-11)19-28-20-14-5-4-6-16(31-3)18(14)27-21(24)30(20)29-19/h4-6,9-12H,7-8,25H2,1-3H3,(H2,24,27). The molecule has 3 heterocycles. The minimum atomic E-state index is -0.631. The molecule has 4 N–H and O–H groups in total. The first-order valence-electron chi connectivity index (χ1n) is 10.2. The first kappa shape index (κ1) is 19.6. The topological polar surface area (TPSA) is 117 Å². The smallest absolute Gasteiger partial charge is 0.223 e. The highest BCUT2D eigenvalue weighted by Gasteiger charge is 2.37. The van der Waals surface area contributed by atoms with E-state index in [0.717, 1.165) is 18.2 Å². The summed E-state index contributed by atoms with van der Waals surface area (Å²) in [5.41, 5.74) is 14.0. The lowest BCUT2D eigenvalue weighted by Crippen LogP contribution is -2.29. The fourth-order valence-corrected chi connectivity index (χ4v) is 4.13. The molecule has 1 aliphatic carbocycles. The van der Waals surface area contributed by atoms with E-state index in [2.05, 4.69) is 15.1 Å². The second kappa shape index (κ2) is 6.84. The third-order valence-electron chi connectivity index (χ3n) is 6.03. The number of rotatable bonds is 4. The maximum Gasteiger partial charge on any atom is 0.223 e. The van der Waals surface area contributed by atoms with Gasteiger partial charge in [0.2, 0.25) is 5.95 Å². The van der Waals surface area contributed by atoms with Gasteiger partial charge in [-0.25, -0.2) is 14.4 Å². The molecule has 4 aromatic rings. The Hall–Kier alpha value is -3.33. The molecule has 31 heavy (non-hydrogen) atoms. The van der Waals surface area contributed by atoms with Gasteiger partial charge < -0.3 is 16.2 Å². The average molecular weight is 421 g/mol. The lowest BCUT2D eigenvalue weighted by molar-refractivity contribution is 0.322. The molecule has 0 spiro atoms. The number of pyridine rings is 1. The zero-order chi connectivity index (χ0) is 21.9. The van der Waals surface area contributed by atoms with Crippen LogP contribution in [-0.2, 0) is 5.54 Å². The Bertz CT molecular complexity index is 1300. The van der Waals surface area contributed by atoms with E-state index in [1.165, 1.54) is 6.07 Å². The highest BCUT2D eigenvalue weighted by atomic mass is 19.1. The van der Waals surface area contributed by atoms with E-state index in [1.807, 2.05) is 32.0 Å². The maximum absolute atomic E-state index is 14.7. The van der Waals surface area contributed by atoms with Gasteiger partial charge in [-0.1, -0.05) is 6.07 Å². The van der Waals surface area contributed by atoms with Crippen molar-refractivity contribution in [3.63, 3.8) is 0 Å². The van der Waals surface area contributed by atoms with Crippen molar-refractivity contribution < 1.29 is 9.13 Å². The van der Waals surface area contributed by atoms with E-state index < -0.39 is 5.54 Å². The second-order valence-electron chi connectivity index (χ2n) is 8.71. The van der Waals surface area contributed by atoms with Crippen LogP contribution in [0.5, 0.6) is 5.75 Å². The molecule has 1 aromatic carbocycles. The Morgan fingerprint density at radius 3 is 2.65 bits per heavy atom. The number of hydrogen-bond donors (Lipinski definition) is 2. The minimum absolute atomic E-state index is 0.0267. The first-order valence-corrected chi connectivity index (χ1v) is 10.2. The van der Waals surface area contributed by atoms with E-state index >= 15 is 0 Å². The molecule has 8 nitrogen and oxygen atoms in total. The maximum atomic E-state index is 14.7. The lowest BCUT2D eigenvalue weighted by Gasteiger charge is -2.33. The van der Waals surface area contributed by atoms with E-state index in [9.17, 15) is 4.39 Å². The number of para-hydroxylation sites is 1. The summed E-state index contributed by atoms with van der Waals surface area (Å²) in [6.07, 6.45) is 3.11. The van der Waals surface area contributed by atoms with Crippen LogP contribution in [0.3, 0.4) is 0 Å². The molecule has 0 radical (unpaired) electrons. The van der Waals surface area contributed by atoms with Crippen LogP contribution in [0.25, 0.3) is 16.6 Å². The van der Waals surface area contributed by atoms with Gasteiger partial charge in [0.25, 0.3) is 0 Å². The number of hydrogen-bond acceptors (Lipinski definition) is 7. The van der Waals surface area contributed by atoms with Crippen molar-refractivity contribution >= 4 is 22.5 Å². The van der Waals surface area contributed by atoms with Crippen molar-refractivity contribution in [3.8, 4) is 5.75 Å². The van der Waals surface area contributed by atoms with Crippen molar-refractivity contribution in [3.05, 3.63) is 53.4 Å². The summed E-state index contributed by atoms with van der Waals surface area (Å²) in [4.78, 5) is 13.5. The molecule has 1 fully saturated rings. The SMILES string of the molecule is COc1cccc2c1nc(N)n1nc(C3CC(c4ncc(C(C)(C)N)cc4F)C3)nc21. The molecular weight excluding hydrogens is 397 g/mol. The summed E-state index contributed by atoms with van der Waals surface area (Å²) < 4.78 is 21.6. The predicted octanol–water partition coefficient (Wildman–Crippen LogP) is 3.26. The van der Waals surface area contributed by atoms with Crippen LogP contribution in [0.15, 0.2) is 30.5 Å². The third-order valence-corrected chi connectivity index (χ3v) is 6.03. The Balaban J connectivity index is 1.44. The summed E-state index contributed by atoms with van der Waals surface area (Å²) in [5, 5.41) is 5.40. The number of nitrogens with zero attached hydrogens (tertiary/aromatic N) is 5. The fraction of sp³-hybridized carbons (Fsp3) is 0.364. The molecule has 5 rings (SSSR count). The molecule has 160 valence electrons. The number of benzene rings is 1. The van der Waals surface area contributed by atoms with Crippen LogP contribution >= 0.6 is 0 Å². The van der Waals surface area contributed by atoms with E-state index in [1.54, 1.807) is 17.8 Å². The van der Waals surface area contributed by atoms with Crippen molar-refractivity contribution in [2.24, 2.45) is 5.73 Å². The van der Waals surface area contributed by atoms with E-state index in [-0.39, 0.29) is 23.6 Å². The Kier molecular flexibility index (Phi) is 4.33.